The fourth-order valence-electron chi connectivity index (χ4n) is 6.56. The third-order valence-electron chi connectivity index (χ3n) is 9.15. The number of carbonyl (C=O) groups is 2. The second kappa shape index (κ2) is 11.8. The maximum absolute atomic E-state index is 13.4. The second-order valence-corrected chi connectivity index (χ2v) is 11.7. The van der Waals surface area contributed by atoms with Gasteiger partial charge in [0.15, 0.2) is 0 Å². The predicted octanol–water partition coefficient (Wildman–Crippen LogP) is 4.97. The highest BCUT2D eigenvalue weighted by atomic mass is 16.2. The molecule has 5 rings (SSSR count). The van der Waals surface area contributed by atoms with Crippen molar-refractivity contribution < 1.29 is 9.59 Å². The first-order valence-electron chi connectivity index (χ1n) is 14.3. The van der Waals surface area contributed by atoms with Crippen molar-refractivity contribution in [3.05, 3.63) is 66.0 Å². The van der Waals surface area contributed by atoms with Crippen molar-refractivity contribution in [3.63, 3.8) is 0 Å². The number of piperidine rings is 1. The molecule has 1 spiro atoms. The summed E-state index contributed by atoms with van der Waals surface area (Å²) in [5, 5.41) is 3.41. The molecule has 198 valence electrons. The van der Waals surface area contributed by atoms with Crippen LogP contribution >= 0.6 is 0 Å². The predicted molar refractivity (Wildman–Crippen MR) is 145 cm³/mol. The lowest BCUT2D eigenvalue weighted by molar-refractivity contribution is -0.139. The molecular formula is C31H42N4O2. The van der Waals surface area contributed by atoms with Crippen LogP contribution in [0.25, 0.3) is 0 Å². The van der Waals surface area contributed by atoms with Crippen molar-refractivity contribution >= 4 is 11.8 Å². The van der Waals surface area contributed by atoms with Crippen LogP contribution in [0.3, 0.4) is 0 Å². The fraction of sp³-hybridized carbons (Fsp3) is 0.581. The van der Waals surface area contributed by atoms with Crippen LogP contribution in [-0.4, -0.2) is 52.8 Å². The van der Waals surface area contributed by atoms with E-state index in [9.17, 15) is 9.59 Å². The van der Waals surface area contributed by atoms with Gasteiger partial charge in [-0.25, -0.2) is 0 Å². The zero-order valence-electron chi connectivity index (χ0n) is 22.3. The van der Waals surface area contributed by atoms with E-state index in [1.807, 2.05) is 29.3 Å². The Morgan fingerprint density at radius 1 is 1.03 bits per heavy atom. The Kier molecular flexibility index (Phi) is 8.23. The normalized spacial score (nSPS) is 24.8. The van der Waals surface area contributed by atoms with Crippen LogP contribution in [0.5, 0.6) is 0 Å². The number of likely N-dealkylation sites (tertiary alicyclic amines) is 2. The maximum atomic E-state index is 13.4. The third-order valence-corrected chi connectivity index (χ3v) is 9.15. The van der Waals surface area contributed by atoms with Crippen LogP contribution in [-0.2, 0) is 16.1 Å². The topological polar surface area (TPSA) is 65.5 Å². The Morgan fingerprint density at radius 2 is 1.76 bits per heavy atom. The number of amides is 2. The lowest BCUT2D eigenvalue weighted by atomic mass is 9.77. The van der Waals surface area contributed by atoms with Crippen molar-refractivity contribution in [1.29, 1.82) is 0 Å². The van der Waals surface area contributed by atoms with E-state index in [2.05, 4.69) is 46.4 Å². The van der Waals surface area contributed by atoms with E-state index in [0.29, 0.717) is 12.5 Å². The lowest BCUT2D eigenvalue weighted by Crippen LogP contribution is -2.45. The molecule has 3 aliphatic rings. The summed E-state index contributed by atoms with van der Waals surface area (Å²) in [6, 6.07) is 14.4. The molecule has 2 aromatic rings. The minimum Gasteiger partial charge on any atom is -0.349 e. The number of nitrogens with one attached hydrogen (secondary N) is 1. The number of aromatic nitrogens is 1. The molecule has 6 heteroatoms. The Hall–Kier alpha value is -2.73. The van der Waals surface area contributed by atoms with Crippen LogP contribution in [0.15, 0.2) is 54.9 Å². The van der Waals surface area contributed by atoms with Gasteiger partial charge in [-0.05, 0) is 87.6 Å². The van der Waals surface area contributed by atoms with Crippen molar-refractivity contribution in [1.82, 2.24) is 20.1 Å². The molecule has 1 atom stereocenters. The number of benzene rings is 1. The van der Waals surface area contributed by atoms with E-state index in [1.54, 1.807) is 6.20 Å². The van der Waals surface area contributed by atoms with Gasteiger partial charge in [0, 0.05) is 37.9 Å². The van der Waals surface area contributed by atoms with Crippen molar-refractivity contribution in [2.75, 3.05) is 26.2 Å². The molecule has 2 aliphatic heterocycles. The van der Waals surface area contributed by atoms with Crippen LogP contribution in [0.4, 0.5) is 0 Å². The van der Waals surface area contributed by atoms with E-state index in [0.717, 1.165) is 89.0 Å². The number of nitrogens with zero attached hydrogens (tertiary/aromatic N) is 3. The summed E-state index contributed by atoms with van der Waals surface area (Å²) in [5.74, 6) is 1.45. The van der Waals surface area contributed by atoms with Gasteiger partial charge in [0.25, 0.3) is 0 Å². The van der Waals surface area contributed by atoms with E-state index < -0.39 is 0 Å². The quantitative estimate of drug-likeness (QED) is 0.554. The van der Waals surface area contributed by atoms with Gasteiger partial charge in [-0.2, -0.15) is 0 Å². The van der Waals surface area contributed by atoms with E-state index >= 15 is 0 Å². The molecule has 6 nitrogen and oxygen atoms in total. The molecule has 3 fully saturated rings. The van der Waals surface area contributed by atoms with Crippen LogP contribution in [0, 0.1) is 17.3 Å². The van der Waals surface area contributed by atoms with Gasteiger partial charge >= 0.3 is 0 Å². The SMILES string of the molecule is CC1CCC(C(=O)NC(CCN2CCC3(CC2)CCN(Cc2cccnc2)C3=O)c2ccccc2)CC1. The number of pyridine rings is 1. The zero-order valence-corrected chi connectivity index (χ0v) is 22.3. The minimum atomic E-state index is -0.191. The number of hydrogen-bond acceptors (Lipinski definition) is 4. The summed E-state index contributed by atoms with van der Waals surface area (Å²) >= 11 is 0. The van der Waals surface area contributed by atoms with Crippen LogP contribution < -0.4 is 5.32 Å². The molecule has 2 saturated heterocycles. The first-order valence-corrected chi connectivity index (χ1v) is 14.3. The number of carbonyl (C=O) groups excluding carboxylic acids is 2. The minimum absolute atomic E-state index is 0.0343. The highest BCUT2D eigenvalue weighted by Crippen LogP contribution is 2.42. The van der Waals surface area contributed by atoms with Gasteiger partial charge in [-0.15, -0.1) is 0 Å². The monoisotopic (exact) mass is 502 g/mol. The van der Waals surface area contributed by atoms with Crippen molar-refractivity contribution in [2.45, 2.75) is 70.9 Å². The van der Waals surface area contributed by atoms with Gasteiger partial charge in [-0.3, -0.25) is 14.6 Å². The third kappa shape index (κ3) is 6.23. The first kappa shape index (κ1) is 25.9. The Morgan fingerprint density at radius 3 is 2.46 bits per heavy atom. The summed E-state index contributed by atoms with van der Waals surface area (Å²) in [5.41, 5.74) is 2.09. The molecule has 1 saturated carbocycles. The van der Waals surface area contributed by atoms with E-state index in [1.165, 1.54) is 5.56 Å². The highest BCUT2D eigenvalue weighted by molar-refractivity contribution is 5.85. The molecule has 37 heavy (non-hydrogen) atoms. The molecule has 1 aromatic carbocycles. The number of hydrogen-bond donors (Lipinski definition) is 1. The standard InChI is InChI=1S/C31H42N4O2/c1-24-9-11-27(12-10-24)29(36)33-28(26-7-3-2-4-8-26)13-18-34-19-14-31(15-20-34)16-21-35(30(31)37)23-25-6-5-17-32-22-25/h2-8,17,22,24,27-28H,9-16,18-21,23H2,1H3,(H,33,36). The van der Waals surface area contributed by atoms with Crippen molar-refractivity contribution in [2.24, 2.45) is 17.3 Å². The van der Waals surface area contributed by atoms with Gasteiger partial charge in [0.1, 0.15) is 0 Å². The summed E-state index contributed by atoms with van der Waals surface area (Å²) in [6.45, 7) is 6.63. The molecule has 3 heterocycles. The Bertz CT molecular complexity index is 1030. The van der Waals surface area contributed by atoms with Gasteiger partial charge in [0.2, 0.25) is 11.8 Å². The van der Waals surface area contributed by atoms with E-state index in [-0.39, 0.29) is 23.3 Å². The molecule has 1 aromatic heterocycles. The average Bonchev–Trinajstić information content (AvgIpc) is 3.23. The Balaban J connectivity index is 1.14. The average molecular weight is 503 g/mol. The summed E-state index contributed by atoms with van der Waals surface area (Å²) < 4.78 is 0. The van der Waals surface area contributed by atoms with E-state index in [4.69, 9.17) is 0 Å². The highest BCUT2D eigenvalue weighted by Gasteiger charge is 2.47. The lowest BCUT2D eigenvalue weighted by Gasteiger charge is -2.38. The summed E-state index contributed by atoms with van der Waals surface area (Å²) in [7, 11) is 0. The molecule has 0 radical (unpaired) electrons. The number of rotatable bonds is 8. The zero-order chi connectivity index (χ0) is 25.7. The largest absolute Gasteiger partial charge is 0.349 e. The molecular weight excluding hydrogens is 460 g/mol. The van der Waals surface area contributed by atoms with Crippen molar-refractivity contribution in [3.8, 4) is 0 Å². The van der Waals surface area contributed by atoms with Crippen LogP contribution in [0.2, 0.25) is 0 Å². The smallest absolute Gasteiger partial charge is 0.229 e. The molecule has 1 unspecified atom stereocenters. The molecule has 2 amide bonds. The van der Waals surface area contributed by atoms with Gasteiger partial charge in [0.05, 0.1) is 11.5 Å². The van der Waals surface area contributed by atoms with Gasteiger partial charge in [-0.1, -0.05) is 43.3 Å². The summed E-state index contributed by atoms with van der Waals surface area (Å²) in [4.78, 5) is 35.2. The Labute approximate surface area is 221 Å². The fourth-order valence-corrected chi connectivity index (χ4v) is 6.56. The second-order valence-electron chi connectivity index (χ2n) is 11.7. The maximum Gasteiger partial charge on any atom is 0.229 e. The molecule has 1 aliphatic carbocycles. The van der Waals surface area contributed by atoms with Crippen LogP contribution in [0.1, 0.15) is 75.5 Å². The first-order chi connectivity index (χ1) is 18.0. The van der Waals surface area contributed by atoms with Gasteiger partial charge < -0.3 is 15.1 Å². The molecule has 0 bridgehead atoms. The molecule has 1 N–H and O–H groups in total. The summed E-state index contributed by atoms with van der Waals surface area (Å²) in [6.07, 6.45) is 11.7.